The van der Waals surface area contributed by atoms with Gasteiger partial charge in [-0.1, -0.05) is 0 Å². The van der Waals surface area contributed by atoms with Gasteiger partial charge in [0.25, 0.3) is 20.2 Å². The average Bonchev–Trinajstić information content (AvgIpc) is 2.56. The van der Waals surface area contributed by atoms with Crippen molar-refractivity contribution in [2.24, 2.45) is 0 Å². The minimum absolute atomic E-state index is 0.0599. The monoisotopic (exact) mass is 290 g/mol. The maximum absolute atomic E-state index is 10.8. The molecule has 0 N–H and O–H groups in total. The molecule has 8 nitrogen and oxygen atoms in total. The molecule has 0 amide bonds. The summed E-state index contributed by atoms with van der Waals surface area (Å²) in [6.07, 6.45) is 0.466. The molecule has 0 bridgehead atoms. The summed E-state index contributed by atoms with van der Waals surface area (Å²) in [5.41, 5.74) is 0. The number of ether oxygens (including phenoxy) is 2. The highest BCUT2D eigenvalue weighted by atomic mass is 32.2. The quantitative estimate of drug-likeness (QED) is 0.555. The van der Waals surface area contributed by atoms with Crippen LogP contribution in [0.5, 0.6) is 0 Å². The fourth-order valence-corrected chi connectivity index (χ4v) is 1.88. The van der Waals surface area contributed by atoms with E-state index in [1.165, 1.54) is 0 Å². The van der Waals surface area contributed by atoms with Gasteiger partial charge in [0.2, 0.25) is 0 Å². The molecule has 0 aliphatic carbocycles. The highest BCUT2D eigenvalue weighted by molar-refractivity contribution is 7.86. The Labute approximate surface area is 100 Å². The third-order valence-corrected chi connectivity index (χ3v) is 3.00. The molecule has 1 fully saturated rings. The molecule has 10 heteroatoms. The number of hydrogen-bond donors (Lipinski definition) is 0. The number of hydrogen-bond acceptors (Lipinski definition) is 8. The lowest BCUT2D eigenvalue weighted by Gasteiger charge is -2.15. The molecule has 2 atom stereocenters. The van der Waals surface area contributed by atoms with Gasteiger partial charge in [0.1, 0.15) is 19.0 Å². The molecule has 0 aromatic rings. The second-order valence-corrected chi connectivity index (χ2v) is 6.79. The molecule has 1 rings (SSSR count). The summed E-state index contributed by atoms with van der Waals surface area (Å²) in [5.74, 6) is 0. The molecule has 0 unspecified atom stereocenters. The molecule has 17 heavy (non-hydrogen) atoms. The van der Waals surface area contributed by atoms with E-state index in [1.54, 1.807) is 0 Å². The molecular formula is C7H14O8S2. The zero-order valence-corrected chi connectivity index (χ0v) is 11.0. The zero-order valence-electron chi connectivity index (χ0n) is 9.36. The van der Waals surface area contributed by atoms with Gasteiger partial charge in [-0.25, -0.2) is 0 Å². The first-order valence-electron chi connectivity index (χ1n) is 4.59. The Morgan fingerprint density at radius 1 is 0.941 bits per heavy atom. The van der Waals surface area contributed by atoms with Crippen molar-refractivity contribution in [2.75, 3.05) is 32.5 Å². The standard InChI is InChI=1S/C7H14O8S2/c1-16(8,9)14-3-6-7(13-5-12-6)4-15-17(2,10)11/h6-7H,3-5H2,1-2H3/t6-,7-/m1/s1. The molecule has 1 aliphatic rings. The Kier molecular flexibility index (Phi) is 4.86. The highest BCUT2D eigenvalue weighted by Crippen LogP contribution is 2.15. The molecule has 0 spiro atoms. The van der Waals surface area contributed by atoms with Gasteiger partial charge in [0, 0.05) is 0 Å². The predicted octanol–water partition coefficient (Wildman–Crippen LogP) is -1.32. The van der Waals surface area contributed by atoms with E-state index in [0.717, 1.165) is 12.5 Å². The van der Waals surface area contributed by atoms with Crippen LogP contribution in [-0.2, 0) is 38.1 Å². The molecule has 0 saturated carbocycles. The maximum atomic E-state index is 10.8. The molecule has 1 heterocycles. The first-order valence-corrected chi connectivity index (χ1v) is 8.23. The van der Waals surface area contributed by atoms with E-state index in [9.17, 15) is 16.8 Å². The summed E-state index contributed by atoms with van der Waals surface area (Å²) in [4.78, 5) is 0. The van der Waals surface area contributed by atoms with Crippen LogP contribution in [0, 0.1) is 0 Å². The highest BCUT2D eigenvalue weighted by Gasteiger charge is 2.31. The summed E-state index contributed by atoms with van der Waals surface area (Å²) in [6.45, 7) is -0.539. The summed E-state index contributed by atoms with van der Waals surface area (Å²) >= 11 is 0. The molecule has 0 aromatic heterocycles. The summed E-state index contributed by atoms with van der Waals surface area (Å²) in [7, 11) is -7.15. The van der Waals surface area contributed by atoms with Crippen LogP contribution in [0.1, 0.15) is 0 Å². The van der Waals surface area contributed by atoms with Crippen LogP contribution < -0.4 is 0 Å². The topological polar surface area (TPSA) is 105 Å². The molecule has 102 valence electrons. The second kappa shape index (κ2) is 5.59. The van der Waals surface area contributed by atoms with Crippen molar-refractivity contribution in [2.45, 2.75) is 12.2 Å². The van der Waals surface area contributed by atoms with Gasteiger partial charge in [-0.05, 0) is 0 Å². The SMILES string of the molecule is CS(=O)(=O)OC[C@H]1OCO[C@@H]1COS(C)(=O)=O. The second-order valence-electron chi connectivity index (χ2n) is 3.51. The van der Waals surface area contributed by atoms with Crippen LogP contribution in [0.3, 0.4) is 0 Å². The number of rotatable bonds is 6. The largest absolute Gasteiger partial charge is 0.347 e. The van der Waals surface area contributed by atoms with Crippen LogP contribution in [-0.4, -0.2) is 61.6 Å². The third-order valence-electron chi connectivity index (χ3n) is 1.87. The summed E-state index contributed by atoms with van der Waals surface area (Å²) in [5, 5.41) is 0. The van der Waals surface area contributed by atoms with E-state index < -0.39 is 32.4 Å². The fourth-order valence-electron chi connectivity index (χ4n) is 1.12. The van der Waals surface area contributed by atoms with Gasteiger partial charge in [0.15, 0.2) is 0 Å². The average molecular weight is 290 g/mol. The third kappa shape index (κ3) is 6.29. The van der Waals surface area contributed by atoms with Crippen molar-refractivity contribution >= 4 is 20.2 Å². The first kappa shape index (κ1) is 14.8. The van der Waals surface area contributed by atoms with Crippen LogP contribution >= 0.6 is 0 Å². The van der Waals surface area contributed by atoms with Gasteiger partial charge < -0.3 is 9.47 Å². The van der Waals surface area contributed by atoms with Gasteiger partial charge in [-0.3, -0.25) is 8.37 Å². The van der Waals surface area contributed by atoms with Gasteiger partial charge in [-0.15, -0.1) is 0 Å². The minimum Gasteiger partial charge on any atom is -0.347 e. The zero-order chi connectivity index (χ0) is 13.1. The first-order chi connectivity index (χ1) is 7.67. The van der Waals surface area contributed by atoms with Crippen molar-refractivity contribution < 1.29 is 34.7 Å². The lowest BCUT2D eigenvalue weighted by atomic mass is 10.2. The Bertz CT molecular complexity index is 396. The van der Waals surface area contributed by atoms with E-state index in [2.05, 4.69) is 8.37 Å². The Balaban J connectivity index is 2.44. The van der Waals surface area contributed by atoms with Gasteiger partial charge in [0.05, 0.1) is 25.7 Å². The summed E-state index contributed by atoms with van der Waals surface area (Å²) < 4.78 is 62.2. The Morgan fingerprint density at radius 2 is 1.29 bits per heavy atom. The van der Waals surface area contributed by atoms with Crippen molar-refractivity contribution in [1.82, 2.24) is 0 Å². The van der Waals surface area contributed by atoms with E-state index in [4.69, 9.17) is 9.47 Å². The van der Waals surface area contributed by atoms with Crippen LogP contribution in [0.15, 0.2) is 0 Å². The lowest BCUT2D eigenvalue weighted by Crippen LogP contribution is -2.33. The van der Waals surface area contributed by atoms with Crippen LogP contribution in [0.4, 0.5) is 0 Å². The van der Waals surface area contributed by atoms with E-state index in [1.807, 2.05) is 0 Å². The van der Waals surface area contributed by atoms with Crippen LogP contribution in [0.25, 0.3) is 0 Å². The lowest BCUT2D eigenvalue weighted by molar-refractivity contribution is 0.0270. The normalized spacial score (nSPS) is 26.2. The maximum Gasteiger partial charge on any atom is 0.264 e. The van der Waals surface area contributed by atoms with Crippen molar-refractivity contribution in [1.29, 1.82) is 0 Å². The Hall–Kier alpha value is -0.260. The molecule has 0 aromatic carbocycles. The van der Waals surface area contributed by atoms with E-state index in [-0.39, 0.29) is 20.0 Å². The van der Waals surface area contributed by atoms with Crippen molar-refractivity contribution in [3.8, 4) is 0 Å². The predicted molar refractivity (Wildman–Crippen MR) is 56.2 cm³/mol. The van der Waals surface area contributed by atoms with Gasteiger partial charge in [-0.2, -0.15) is 16.8 Å². The van der Waals surface area contributed by atoms with Crippen LogP contribution in [0.2, 0.25) is 0 Å². The van der Waals surface area contributed by atoms with Gasteiger partial charge >= 0.3 is 0 Å². The molecular weight excluding hydrogens is 276 g/mol. The van der Waals surface area contributed by atoms with E-state index >= 15 is 0 Å². The molecule has 1 saturated heterocycles. The van der Waals surface area contributed by atoms with E-state index in [0.29, 0.717) is 0 Å². The Morgan fingerprint density at radius 3 is 1.59 bits per heavy atom. The van der Waals surface area contributed by atoms with Crippen molar-refractivity contribution in [3.05, 3.63) is 0 Å². The van der Waals surface area contributed by atoms with Crippen molar-refractivity contribution in [3.63, 3.8) is 0 Å². The fraction of sp³-hybridized carbons (Fsp3) is 1.00. The molecule has 0 radical (unpaired) electrons. The minimum atomic E-state index is -3.57. The smallest absolute Gasteiger partial charge is 0.264 e. The molecule has 1 aliphatic heterocycles. The summed E-state index contributed by atoms with van der Waals surface area (Å²) in [6, 6.07) is 0.